The molecule has 0 aromatic heterocycles. The first-order chi connectivity index (χ1) is 11.9. The fourth-order valence-corrected chi connectivity index (χ4v) is 3.20. The molecule has 0 atom stereocenters. The average Bonchev–Trinajstić information content (AvgIpc) is 3.40. The summed E-state index contributed by atoms with van der Waals surface area (Å²) in [4.78, 5) is 27.4. The second-order valence-electron chi connectivity index (χ2n) is 6.95. The number of carbonyl (C=O) groups is 2. The van der Waals surface area contributed by atoms with Crippen LogP contribution in [0.1, 0.15) is 29.5 Å². The summed E-state index contributed by atoms with van der Waals surface area (Å²) in [5.74, 6) is -0.282. The van der Waals surface area contributed by atoms with Crippen LogP contribution in [0.25, 0.3) is 0 Å². The molecular weight excluding hydrogens is 312 g/mol. The SMILES string of the molecule is Cc1cccc(C)c1NC(=O)C1(C(=O)N(C)Cc2ccccc2)CC1. The molecule has 25 heavy (non-hydrogen) atoms. The lowest BCUT2D eigenvalue weighted by atomic mass is 10.0. The van der Waals surface area contributed by atoms with E-state index in [0.717, 1.165) is 22.4 Å². The first-order valence-electron chi connectivity index (χ1n) is 8.61. The van der Waals surface area contributed by atoms with Crippen LogP contribution in [0.3, 0.4) is 0 Å². The number of carbonyl (C=O) groups excluding carboxylic acids is 2. The highest BCUT2D eigenvalue weighted by molar-refractivity contribution is 6.13. The predicted molar refractivity (Wildman–Crippen MR) is 99.1 cm³/mol. The van der Waals surface area contributed by atoms with Gasteiger partial charge >= 0.3 is 0 Å². The average molecular weight is 336 g/mol. The smallest absolute Gasteiger partial charge is 0.240 e. The van der Waals surface area contributed by atoms with Gasteiger partial charge in [0.2, 0.25) is 11.8 Å². The van der Waals surface area contributed by atoms with Gasteiger partial charge in [-0.05, 0) is 43.4 Å². The molecule has 1 aliphatic rings. The highest BCUT2D eigenvalue weighted by atomic mass is 16.2. The minimum atomic E-state index is -0.905. The van der Waals surface area contributed by atoms with Crippen molar-refractivity contribution in [3.05, 3.63) is 65.2 Å². The van der Waals surface area contributed by atoms with Crippen LogP contribution in [-0.2, 0) is 16.1 Å². The molecule has 130 valence electrons. The van der Waals surface area contributed by atoms with Crippen molar-refractivity contribution in [3.8, 4) is 0 Å². The van der Waals surface area contributed by atoms with E-state index < -0.39 is 5.41 Å². The van der Waals surface area contributed by atoms with Gasteiger partial charge in [0.15, 0.2) is 0 Å². The summed E-state index contributed by atoms with van der Waals surface area (Å²) in [6.07, 6.45) is 1.23. The molecule has 2 aromatic carbocycles. The van der Waals surface area contributed by atoms with Gasteiger partial charge in [0.05, 0.1) is 0 Å². The third-order valence-electron chi connectivity index (χ3n) is 4.92. The Morgan fingerprint density at radius 1 is 1.00 bits per heavy atom. The molecule has 2 amide bonds. The van der Waals surface area contributed by atoms with E-state index in [-0.39, 0.29) is 11.8 Å². The van der Waals surface area contributed by atoms with E-state index in [4.69, 9.17) is 0 Å². The molecule has 0 unspecified atom stereocenters. The van der Waals surface area contributed by atoms with Crippen molar-refractivity contribution in [2.45, 2.75) is 33.2 Å². The number of nitrogens with zero attached hydrogens (tertiary/aromatic N) is 1. The van der Waals surface area contributed by atoms with Gasteiger partial charge in [-0.3, -0.25) is 9.59 Å². The maximum Gasteiger partial charge on any atom is 0.240 e. The molecule has 0 bridgehead atoms. The zero-order valence-corrected chi connectivity index (χ0v) is 15.0. The lowest BCUT2D eigenvalue weighted by Gasteiger charge is -2.24. The molecule has 0 spiro atoms. The molecule has 0 saturated heterocycles. The van der Waals surface area contributed by atoms with E-state index >= 15 is 0 Å². The number of anilines is 1. The van der Waals surface area contributed by atoms with Crippen molar-refractivity contribution in [1.82, 2.24) is 4.90 Å². The van der Waals surface area contributed by atoms with E-state index in [2.05, 4.69) is 5.32 Å². The number of para-hydroxylation sites is 1. The molecule has 1 saturated carbocycles. The van der Waals surface area contributed by atoms with Crippen molar-refractivity contribution in [1.29, 1.82) is 0 Å². The van der Waals surface area contributed by atoms with E-state index in [1.807, 2.05) is 62.4 Å². The molecule has 0 radical (unpaired) electrons. The maximum atomic E-state index is 12.9. The Morgan fingerprint density at radius 2 is 1.60 bits per heavy atom. The Bertz CT molecular complexity index is 775. The number of amides is 2. The maximum absolute atomic E-state index is 12.9. The van der Waals surface area contributed by atoms with Gasteiger partial charge in [0.1, 0.15) is 5.41 Å². The number of benzene rings is 2. The molecule has 0 heterocycles. The van der Waals surface area contributed by atoms with Crippen LogP contribution < -0.4 is 5.32 Å². The Kier molecular flexibility index (Phi) is 4.62. The van der Waals surface area contributed by atoms with Gasteiger partial charge in [-0.25, -0.2) is 0 Å². The first-order valence-corrected chi connectivity index (χ1v) is 8.61. The lowest BCUT2D eigenvalue weighted by Crippen LogP contribution is -2.41. The van der Waals surface area contributed by atoms with Crippen LogP contribution >= 0.6 is 0 Å². The quantitative estimate of drug-likeness (QED) is 0.847. The van der Waals surface area contributed by atoms with Crippen LogP contribution in [-0.4, -0.2) is 23.8 Å². The summed E-state index contributed by atoms with van der Waals surface area (Å²) in [5.41, 5.74) is 2.99. The highest BCUT2D eigenvalue weighted by Crippen LogP contribution is 2.48. The van der Waals surface area contributed by atoms with Crippen LogP contribution in [0, 0.1) is 19.3 Å². The molecule has 1 N–H and O–H groups in total. The standard InChI is InChI=1S/C21H24N2O2/c1-15-8-7-9-16(2)18(15)22-19(24)21(12-13-21)20(25)23(3)14-17-10-5-4-6-11-17/h4-11H,12-14H2,1-3H3,(H,22,24). The van der Waals surface area contributed by atoms with E-state index in [1.54, 1.807) is 11.9 Å². The molecule has 4 nitrogen and oxygen atoms in total. The van der Waals surface area contributed by atoms with E-state index in [0.29, 0.717) is 19.4 Å². The molecule has 0 aliphatic heterocycles. The molecule has 1 aliphatic carbocycles. The van der Waals surface area contributed by atoms with Crippen molar-refractivity contribution in [2.24, 2.45) is 5.41 Å². The summed E-state index contributed by atoms with van der Waals surface area (Å²) in [6, 6.07) is 15.7. The monoisotopic (exact) mass is 336 g/mol. The first kappa shape index (κ1) is 17.2. The fourth-order valence-electron chi connectivity index (χ4n) is 3.20. The summed E-state index contributed by atoms with van der Waals surface area (Å²) in [5, 5.41) is 2.99. The molecular formula is C21H24N2O2. The minimum absolute atomic E-state index is 0.0971. The number of hydrogen-bond acceptors (Lipinski definition) is 2. The van der Waals surface area contributed by atoms with Crippen molar-refractivity contribution in [3.63, 3.8) is 0 Å². The van der Waals surface area contributed by atoms with Gasteiger partial charge in [0.25, 0.3) is 0 Å². The molecule has 3 rings (SSSR count). The number of rotatable bonds is 5. The van der Waals surface area contributed by atoms with Crippen molar-refractivity contribution < 1.29 is 9.59 Å². The van der Waals surface area contributed by atoms with Crippen LogP contribution in [0.4, 0.5) is 5.69 Å². The molecule has 1 fully saturated rings. The number of aryl methyl sites for hydroxylation is 2. The largest absolute Gasteiger partial charge is 0.340 e. The van der Waals surface area contributed by atoms with Crippen molar-refractivity contribution >= 4 is 17.5 Å². The van der Waals surface area contributed by atoms with Gasteiger partial charge in [0, 0.05) is 19.3 Å². The van der Waals surface area contributed by atoms with Crippen LogP contribution in [0.15, 0.2) is 48.5 Å². The fraction of sp³-hybridized carbons (Fsp3) is 0.333. The van der Waals surface area contributed by atoms with Crippen molar-refractivity contribution in [2.75, 3.05) is 12.4 Å². The zero-order chi connectivity index (χ0) is 18.0. The highest BCUT2D eigenvalue weighted by Gasteiger charge is 2.57. The van der Waals surface area contributed by atoms with Crippen LogP contribution in [0.2, 0.25) is 0 Å². The Labute approximate surface area is 148 Å². The normalized spacial score (nSPS) is 14.7. The predicted octanol–water partition coefficient (Wildman–Crippen LogP) is 3.68. The van der Waals surface area contributed by atoms with Gasteiger partial charge in [-0.15, -0.1) is 0 Å². The van der Waals surface area contributed by atoms with Gasteiger partial charge in [-0.2, -0.15) is 0 Å². The summed E-state index contributed by atoms with van der Waals surface area (Å²) in [7, 11) is 1.77. The van der Waals surface area contributed by atoms with Gasteiger partial charge < -0.3 is 10.2 Å². The van der Waals surface area contributed by atoms with E-state index in [9.17, 15) is 9.59 Å². The molecule has 4 heteroatoms. The Hall–Kier alpha value is -2.62. The summed E-state index contributed by atoms with van der Waals surface area (Å²) >= 11 is 0. The lowest BCUT2D eigenvalue weighted by molar-refractivity contribution is -0.141. The summed E-state index contributed by atoms with van der Waals surface area (Å²) in [6.45, 7) is 4.44. The second kappa shape index (κ2) is 6.71. The third-order valence-corrected chi connectivity index (χ3v) is 4.92. The number of nitrogens with one attached hydrogen (secondary N) is 1. The van der Waals surface area contributed by atoms with E-state index in [1.165, 1.54) is 0 Å². The zero-order valence-electron chi connectivity index (χ0n) is 15.0. The number of hydrogen-bond donors (Lipinski definition) is 1. The van der Waals surface area contributed by atoms with Gasteiger partial charge in [-0.1, -0.05) is 48.5 Å². The second-order valence-corrected chi connectivity index (χ2v) is 6.95. The Balaban J connectivity index is 1.72. The minimum Gasteiger partial charge on any atom is -0.340 e. The third kappa shape index (κ3) is 3.43. The molecule has 2 aromatic rings. The Morgan fingerprint density at radius 3 is 2.16 bits per heavy atom. The van der Waals surface area contributed by atoms with Crippen LogP contribution in [0.5, 0.6) is 0 Å². The topological polar surface area (TPSA) is 49.4 Å². The summed E-state index contributed by atoms with van der Waals surface area (Å²) < 4.78 is 0.